The fraction of sp³-hybridized carbons (Fsp3) is 0.250. The molecule has 6 nitrogen and oxygen atoms in total. The standard InChI is InChI=1S/C20H19NO5S/c1-2-25-18(22)4-3-9-26-16-8-7-14-10-13(5-6-15(14)12-16)11-17-19(23)21-20(24)27-17/h5-8,10-12H,2-4,9H2,1H3,(H,21,23,24)/b17-11-. The quantitative estimate of drug-likeness (QED) is 0.442. The molecule has 0 saturated carbocycles. The molecule has 0 spiro atoms. The van der Waals surface area contributed by atoms with Crippen LogP contribution in [0.1, 0.15) is 25.3 Å². The lowest BCUT2D eigenvalue weighted by molar-refractivity contribution is -0.143. The van der Waals surface area contributed by atoms with Gasteiger partial charge in [-0.3, -0.25) is 19.7 Å². The lowest BCUT2D eigenvalue weighted by atomic mass is 10.1. The van der Waals surface area contributed by atoms with Crippen molar-refractivity contribution >= 4 is 45.7 Å². The lowest BCUT2D eigenvalue weighted by Crippen LogP contribution is -2.17. The fourth-order valence-corrected chi connectivity index (χ4v) is 3.32. The van der Waals surface area contributed by atoms with Crippen molar-refractivity contribution in [2.45, 2.75) is 19.8 Å². The van der Waals surface area contributed by atoms with E-state index in [1.807, 2.05) is 36.4 Å². The average Bonchev–Trinajstić information content (AvgIpc) is 2.96. The number of imide groups is 1. The second-order valence-electron chi connectivity index (χ2n) is 5.88. The number of rotatable bonds is 7. The number of thioether (sulfide) groups is 1. The van der Waals surface area contributed by atoms with E-state index in [2.05, 4.69) is 5.32 Å². The van der Waals surface area contributed by atoms with Crippen LogP contribution < -0.4 is 10.1 Å². The predicted molar refractivity (Wildman–Crippen MR) is 104 cm³/mol. The molecule has 1 fully saturated rings. The smallest absolute Gasteiger partial charge is 0.305 e. The van der Waals surface area contributed by atoms with E-state index in [1.54, 1.807) is 13.0 Å². The zero-order chi connectivity index (χ0) is 19.2. The first kappa shape index (κ1) is 19.0. The summed E-state index contributed by atoms with van der Waals surface area (Å²) in [6, 6.07) is 11.5. The first-order chi connectivity index (χ1) is 13.0. The topological polar surface area (TPSA) is 81.7 Å². The van der Waals surface area contributed by atoms with Gasteiger partial charge >= 0.3 is 5.97 Å². The Morgan fingerprint density at radius 1 is 1.15 bits per heavy atom. The van der Waals surface area contributed by atoms with Gasteiger partial charge in [-0.2, -0.15) is 0 Å². The molecular formula is C20H19NO5S. The maximum atomic E-state index is 11.6. The van der Waals surface area contributed by atoms with Gasteiger partial charge in [0.1, 0.15) is 5.75 Å². The summed E-state index contributed by atoms with van der Waals surface area (Å²) in [6.45, 7) is 2.61. The Labute approximate surface area is 160 Å². The van der Waals surface area contributed by atoms with Crippen molar-refractivity contribution in [1.29, 1.82) is 0 Å². The molecule has 7 heteroatoms. The first-order valence-electron chi connectivity index (χ1n) is 8.62. The fourth-order valence-electron chi connectivity index (χ4n) is 2.63. The van der Waals surface area contributed by atoms with Gasteiger partial charge in [-0.1, -0.05) is 18.2 Å². The third-order valence-electron chi connectivity index (χ3n) is 3.87. The highest BCUT2D eigenvalue weighted by atomic mass is 32.2. The van der Waals surface area contributed by atoms with Crippen molar-refractivity contribution < 1.29 is 23.9 Å². The van der Waals surface area contributed by atoms with Crippen LogP contribution in [0.4, 0.5) is 4.79 Å². The van der Waals surface area contributed by atoms with Crippen LogP contribution in [-0.2, 0) is 14.3 Å². The molecule has 2 amide bonds. The Balaban J connectivity index is 1.63. The van der Waals surface area contributed by atoms with Crippen LogP contribution in [-0.4, -0.2) is 30.3 Å². The summed E-state index contributed by atoms with van der Waals surface area (Å²) >= 11 is 0.901. The second kappa shape index (κ2) is 8.73. The van der Waals surface area contributed by atoms with E-state index < -0.39 is 0 Å². The Morgan fingerprint density at radius 2 is 1.93 bits per heavy atom. The molecule has 3 rings (SSSR count). The Hall–Kier alpha value is -2.80. The maximum absolute atomic E-state index is 11.6. The molecule has 2 aromatic rings. The molecule has 0 aromatic heterocycles. The molecule has 1 aliphatic rings. The summed E-state index contributed by atoms with van der Waals surface area (Å²) < 4.78 is 10.6. The highest BCUT2D eigenvalue weighted by Crippen LogP contribution is 2.28. The number of hydrogen-bond acceptors (Lipinski definition) is 6. The summed E-state index contributed by atoms with van der Waals surface area (Å²) in [5, 5.41) is 3.89. The van der Waals surface area contributed by atoms with E-state index in [0.717, 1.165) is 33.8 Å². The molecule has 1 N–H and O–H groups in total. The number of hydrogen-bond donors (Lipinski definition) is 1. The first-order valence-corrected chi connectivity index (χ1v) is 9.44. The molecule has 0 bridgehead atoms. The third kappa shape index (κ3) is 5.10. The minimum atomic E-state index is -0.364. The lowest BCUT2D eigenvalue weighted by Gasteiger charge is -2.08. The summed E-state index contributed by atoms with van der Waals surface area (Å²) in [7, 11) is 0. The van der Waals surface area contributed by atoms with Crippen molar-refractivity contribution in [3.63, 3.8) is 0 Å². The molecule has 1 aliphatic heterocycles. The number of benzene rings is 2. The van der Waals surface area contributed by atoms with Crippen molar-refractivity contribution in [3.8, 4) is 5.75 Å². The average molecular weight is 385 g/mol. The molecule has 0 aliphatic carbocycles. The number of esters is 1. The van der Waals surface area contributed by atoms with Gasteiger partial charge in [0.25, 0.3) is 11.1 Å². The number of nitrogens with one attached hydrogen (secondary N) is 1. The number of carbonyl (C=O) groups excluding carboxylic acids is 3. The van der Waals surface area contributed by atoms with Gasteiger partial charge in [0.2, 0.25) is 0 Å². The van der Waals surface area contributed by atoms with Gasteiger partial charge in [-0.15, -0.1) is 0 Å². The van der Waals surface area contributed by atoms with Crippen LogP contribution in [0.5, 0.6) is 5.75 Å². The predicted octanol–water partition coefficient (Wildman–Crippen LogP) is 3.89. The van der Waals surface area contributed by atoms with Gasteiger partial charge in [-0.25, -0.2) is 0 Å². The highest BCUT2D eigenvalue weighted by molar-refractivity contribution is 8.18. The van der Waals surface area contributed by atoms with Crippen LogP contribution in [0.3, 0.4) is 0 Å². The third-order valence-corrected chi connectivity index (χ3v) is 4.69. The molecule has 2 aromatic carbocycles. The maximum Gasteiger partial charge on any atom is 0.305 e. The minimum absolute atomic E-state index is 0.211. The van der Waals surface area contributed by atoms with E-state index in [0.29, 0.717) is 31.0 Å². The van der Waals surface area contributed by atoms with E-state index in [4.69, 9.17) is 9.47 Å². The van der Waals surface area contributed by atoms with Gasteiger partial charge in [0.15, 0.2) is 0 Å². The summed E-state index contributed by atoms with van der Waals surface area (Å²) in [4.78, 5) is 34.6. The van der Waals surface area contributed by atoms with E-state index in [-0.39, 0.29) is 17.1 Å². The van der Waals surface area contributed by atoms with Gasteiger partial charge in [0, 0.05) is 6.42 Å². The van der Waals surface area contributed by atoms with Crippen LogP contribution >= 0.6 is 11.8 Å². The van der Waals surface area contributed by atoms with Crippen molar-refractivity contribution in [2.24, 2.45) is 0 Å². The summed E-state index contributed by atoms with van der Waals surface area (Å²) in [5.74, 6) is 0.155. The molecule has 1 saturated heterocycles. The SMILES string of the molecule is CCOC(=O)CCCOc1ccc2cc(/C=C3\SC(=O)NC3=O)ccc2c1. The molecule has 0 unspecified atom stereocenters. The van der Waals surface area contributed by atoms with Crippen molar-refractivity contribution in [3.05, 3.63) is 46.9 Å². The molecule has 27 heavy (non-hydrogen) atoms. The molecule has 0 atom stereocenters. The van der Waals surface area contributed by atoms with E-state index in [1.165, 1.54) is 0 Å². The molecular weight excluding hydrogens is 366 g/mol. The number of fused-ring (bicyclic) bond motifs is 1. The zero-order valence-electron chi connectivity index (χ0n) is 14.8. The van der Waals surface area contributed by atoms with Gasteiger partial charge in [-0.05, 0) is 65.7 Å². The Bertz CT molecular complexity index is 922. The normalized spacial score (nSPS) is 15.2. The van der Waals surface area contributed by atoms with Crippen LogP contribution in [0.15, 0.2) is 41.3 Å². The van der Waals surface area contributed by atoms with Crippen LogP contribution in [0, 0.1) is 0 Å². The monoisotopic (exact) mass is 385 g/mol. The zero-order valence-corrected chi connectivity index (χ0v) is 15.6. The van der Waals surface area contributed by atoms with E-state index in [9.17, 15) is 14.4 Å². The highest BCUT2D eigenvalue weighted by Gasteiger charge is 2.24. The molecule has 1 heterocycles. The van der Waals surface area contributed by atoms with E-state index >= 15 is 0 Å². The molecule has 0 radical (unpaired) electrons. The minimum Gasteiger partial charge on any atom is -0.494 e. The van der Waals surface area contributed by atoms with Crippen molar-refractivity contribution in [1.82, 2.24) is 5.32 Å². The second-order valence-corrected chi connectivity index (χ2v) is 6.89. The number of carbonyl (C=O) groups is 3. The van der Waals surface area contributed by atoms with Crippen LogP contribution in [0.2, 0.25) is 0 Å². The number of ether oxygens (including phenoxy) is 2. The molecule has 140 valence electrons. The van der Waals surface area contributed by atoms with Crippen LogP contribution in [0.25, 0.3) is 16.8 Å². The van der Waals surface area contributed by atoms with Crippen molar-refractivity contribution in [2.75, 3.05) is 13.2 Å². The largest absolute Gasteiger partial charge is 0.494 e. The summed E-state index contributed by atoms with van der Waals surface area (Å²) in [6.07, 6.45) is 2.64. The summed E-state index contributed by atoms with van der Waals surface area (Å²) in [5.41, 5.74) is 0.845. The van der Waals surface area contributed by atoms with Gasteiger partial charge < -0.3 is 9.47 Å². The Kier molecular flexibility index (Phi) is 6.13. The number of amides is 2. The Morgan fingerprint density at radius 3 is 2.67 bits per heavy atom. The van der Waals surface area contributed by atoms with Gasteiger partial charge in [0.05, 0.1) is 18.1 Å².